The number of anilines is 1. The second-order valence-electron chi connectivity index (χ2n) is 6.12. The van der Waals surface area contributed by atoms with Crippen LogP contribution in [-0.4, -0.2) is 55.1 Å². The standard InChI is InChI=1S/C16H21N5O3/c1-2-5-16(15(23)24)10-20(8-4-12(16)22)13-9-14(18-11-17-13)21-7-3-6-19-21/h3,6-7,9,11-12,22H,2,4-5,8,10H2,1H3,(H,23,24)/t12-,16-/m1/s1. The molecule has 0 spiro atoms. The number of piperidine rings is 1. The minimum atomic E-state index is -1.16. The summed E-state index contributed by atoms with van der Waals surface area (Å²) in [4.78, 5) is 22.3. The third-order valence-corrected chi connectivity index (χ3v) is 4.61. The van der Waals surface area contributed by atoms with Crippen molar-refractivity contribution in [3.63, 3.8) is 0 Å². The van der Waals surface area contributed by atoms with Crippen molar-refractivity contribution in [1.29, 1.82) is 0 Å². The number of carboxylic acid groups (broad SMARTS) is 1. The van der Waals surface area contributed by atoms with Gasteiger partial charge in [-0.05, 0) is 18.9 Å². The van der Waals surface area contributed by atoms with Gasteiger partial charge in [0.2, 0.25) is 0 Å². The van der Waals surface area contributed by atoms with Crippen LogP contribution in [0.4, 0.5) is 5.82 Å². The van der Waals surface area contributed by atoms with Crippen LogP contribution in [0.3, 0.4) is 0 Å². The van der Waals surface area contributed by atoms with Crippen molar-refractivity contribution in [2.75, 3.05) is 18.0 Å². The second kappa shape index (κ2) is 6.56. The normalized spacial score (nSPS) is 24.1. The number of carboxylic acids is 1. The van der Waals surface area contributed by atoms with Crippen LogP contribution in [0.1, 0.15) is 26.2 Å². The average molecular weight is 331 g/mol. The van der Waals surface area contributed by atoms with Crippen LogP contribution in [-0.2, 0) is 4.79 Å². The Morgan fingerprint density at radius 1 is 1.42 bits per heavy atom. The smallest absolute Gasteiger partial charge is 0.314 e. The van der Waals surface area contributed by atoms with Gasteiger partial charge >= 0.3 is 5.97 Å². The van der Waals surface area contributed by atoms with E-state index in [0.29, 0.717) is 37.4 Å². The maximum Gasteiger partial charge on any atom is 0.314 e. The molecule has 2 atom stereocenters. The van der Waals surface area contributed by atoms with Gasteiger partial charge in [-0.2, -0.15) is 5.10 Å². The molecular formula is C16H21N5O3. The molecule has 1 aliphatic rings. The predicted octanol–water partition coefficient (Wildman–Crippen LogP) is 1.10. The van der Waals surface area contributed by atoms with Gasteiger partial charge in [0.25, 0.3) is 0 Å². The van der Waals surface area contributed by atoms with Gasteiger partial charge in [-0.25, -0.2) is 14.6 Å². The number of aliphatic carboxylic acids is 1. The van der Waals surface area contributed by atoms with Gasteiger partial charge in [-0.1, -0.05) is 13.3 Å². The molecule has 0 amide bonds. The zero-order chi connectivity index (χ0) is 17.2. The summed E-state index contributed by atoms with van der Waals surface area (Å²) in [7, 11) is 0. The molecule has 1 saturated heterocycles. The first-order valence-electron chi connectivity index (χ1n) is 8.05. The Bertz CT molecular complexity index is 705. The van der Waals surface area contributed by atoms with Gasteiger partial charge in [-0.3, -0.25) is 4.79 Å². The summed E-state index contributed by atoms with van der Waals surface area (Å²) in [6, 6.07) is 3.58. The monoisotopic (exact) mass is 331 g/mol. The minimum Gasteiger partial charge on any atom is -0.481 e. The minimum absolute atomic E-state index is 0.229. The zero-order valence-corrected chi connectivity index (χ0v) is 13.5. The van der Waals surface area contributed by atoms with Crippen LogP contribution in [0.5, 0.6) is 0 Å². The van der Waals surface area contributed by atoms with E-state index in [0.717, 1.165) is 0 Å². The summed E-state index contributed by atoms with van der Waals surface area (Å²) in [6.45, 7) is 2.71. The van der Waals surface area contributed by atoms with E-state index < -0.39 is 17.5 Å². The summed E-state index contributed by atoms with van der Waals surface area (Å²) in [5.41, 5.74) is -1.16. The molecule has 128 valence electrons. The molecular weight excluding hydrogens is 310 g/mol. The molecule has 0 bridgehead atoms. The molecule has 0 aliphatic carbocycles. The molecule has 2 N–H and O–H groups in total. The van der Waals surface area contributed by atoms with E-state index in [-0.39, 0.29) is 6.54 Å². The van der Waals surface area contributed by atoms with Crippen LogP contribution in [0, 0.1) is 5.41 Å². The van der Waals surface area contributed by atoms with Crippen LogP contribution < -0.4 is 4.90 Å². The second-order valence-corrected chi connectivity index (χ2v) is 6.12. The quantitative estimate of drug-likeness (QED) is 0.845. The molecule has 8 heteroatoms. The van der Waals surface area contributed by atoms with Crippen LogP contribution in [0.2, 0.25) is 0 Å². The van der Waals surface area contributed by atoms with Crippen molar-refractivity contribution in [2.45, 2.75) is 32.3 Å². The van der Waals surface area contributed by atoms with E-state index in [4.69, 9.17) is 0 Å². The molecule has 1 fully saturated rings. The van der Waals surface area contributed by atoms with Gasteiger partial charge < -0.3 is 15.1 Å². The molecule has 3 heterocycles. The number of hydrogen-bond donors (Lipinski definition) is 2. The Morgan fingerprint density at radius 2 is 2.21 bits per heavy atom. The van der Waals surface area contributed by atoms with E-state index in [1.54, 1.807) is 29.2 Å². The Hall–Kier alpha value is -2.48. The Labute approximate surface area is 139 Å². The van der Waals surface area contributed by atoms with Gasteiger partial charge in [0.1, 0.15) is 17.6 Å². The average Bonchev–Trinajstić information content (AvgIpc) is 3.11. The molecule has 2 aromatic rings. The number of nitrogens with zero attached hydrogens (tertiary/aromatic N) is 5. The third-order valence-electron chi connectivity index (χ3n) is 4.61. The van der Waals surface area contributed by atoms with E-state index >= 15 is 0 Å². The SMILES string of the molecule is CCC[C@@]1(C(=O)O)CN(c2cc(-n3cccn3)ncn2)CC[C@H]1O. The Morgan fingerprint density at radius 3 is 2.88 bits per heavy atom. The lowest BCUT2D eigenvalue weighted by Gasteiger charge is -2.43. The molecule has 24 heavy (non-hydrogen) atoms. The maximum absolute atomic E-state index is 11.9. The molecule has 3 rings (SSSR count). The third kappa shape index (κ3) is 2.84. The highest BCUT2D eigenvalue weighted by Gasteiger charge is 2.48. The predicted molar refractivity (Wildman–Crippen MR) is 87.0 cm³/mol. The van der Waals surface area contributed by atoms with E-state index in [9.17, 15) is 15.0 Å². The van der Waals surface area contributed by atoms with Crippen LogP contribution in [0.15, 0.2) is 30.9 Å². The van der Waals surface area contributed by atoms with Gasteiger partial charge in [0.05, 0.1) is 6.10 Å². The van der Waals surface area contributed by atoms with Crippen molar-refractivity contribution in [3.05, 3.63) is 30.9 Å². The first-order valence-corrected chi connectivity index (χ1v) is 8.05. The Kier molecular flexibility index (Phi) is 4.48. The largest absolute Gasteiger partial charge is 0.481 e. The number of carbonyl (C=O) groups is 1. The van der Waals surface area contributed by atoms with Crippen LogP contribution >= 0.6 is 0 Å². The number of aromatic nitrogens is 4. The summed E-state index contributed by atoms with van der Waals surface area (Å²) >= 11 is 0. The summed E-state index contributed by atoms with van der Waals surface area (Å²) < 4.78 is 1.63. The molecule has 1 aliphatic heterocycles. The lowest BCUT2D eigenvalue weighted by Crippen LogP contribution is -2.56. The van der Waals surface area contributed by atoms with Crippen molar-refractivity contribution < 1.29 is 15.0 Å². The maximum atomic E-state index is 11.9. The highest BCUT2D eigenvalue weighted by Crippen LogP contribution is 2.37. The highest BCUT2D eigenvalue weighted by molar-refractivity contribution is 5.77. The van der Waals surface area contributed by atoms with Crippen molar-refractivity contribution in [3.8, 4) is 5.82 Å². The fourth-order valence-corrected chi connectivity index (χ4v) is 3.32. The van der Waals surface area contributed by atoms with Gasteiger partial charge in [-0.15, -0.1) is 0 Å². The first-order chi connectivity index (χ1) is 11.6. The molecule has 0 radical (unpaired) electrons. The summed E-state index contributed by atoms with van der Waals surface area (Å²) in [5.74, 6) is 0.305. The van der Waals surface area contributed by atoms with E-state index in [1.807, 2.05) is 11.8 Å². The van der Waals surface area contributed by atoms with Crippen molar-refractivity contribution in [1.82, 2.24) is 19.7 Å². The number of hydrogen-bond acceptors (Lipinski definition) is 6. The number of aliphatic hydroxyl groups is 1. The van der Waals surface area contributed by atoms with Gasteiger partial charge in [0, 0.05) is 31.5 Å². The first kappa shape index (κ1) is 16.4. The molecule has 2 aromatic heterocycles. The summed E-state index contributed by atoms with van der Waals surface area (Å²) in [6.07, 6.45) is 5.56. The fourth-order valence-electron chi connectivity index (χ4n) is 3.32. The van der Waals surface area contributed by atoms with Crippen molar-refractivity contribution in [2.24, 2.45) is 5.41 Å². The van der Waals surface area contributed by atoms with Crippen LogP contribution in [0.25, 0.3) is 5.82 Å². The lowest BCUT2D eigenvalue weighted by molar-refractivity contribution is -0.158. The topological polar surface area (TPSA) is 104 Å². The Balaban J connectivity index is 1.90. The number of rotatable bonds is 5. The summed E-state index contributed by atoms with van der Waals surface area (Å²) in [5, 5.41) is 24.2. The molecule has 0 aromatic carbocycles. The molecule has 0 saturated carbocycles. The zero-order valence-electron chi connectivity index (χ0n) is 13.5. The fraction of sp³-hybridized carbons (Fsp3) is 0.500. The van der Waals surface area contributed by atoms with Gasteiger partial charge in [0.15, 0.2) is 5.82 Å². The molecule has 0 unspecified atom stereocenters. The number of aliphatic hydroxyl groups excluding tert-OH is 1. The van der Waals surface area contributed by atoms with E-state index in [1.165, 1.54) is 6.33 Å². The lowest BCUT2D eigenvalue weighted by atomic mass is 9.74. The van der Waals surface area contributed by atoms with E-state index in [2.05, 4.69) is 15.1 Å². The van der Waals surface area contributed by atoms with Crippen molar-refractivity contribution >= 4 is 11.8 Å². The molecule has 8 nitrogen and oxygen atoms in total. The highest BCUT2D eigenvalue weighted by atomic mass is 16.4.